The molecule has 0 aromatic carbocycles. The summed E-state index contributed by atoms with van der Waals surface area (Å²) in [5.41, 5.74) is 1.24. The summed E-state index contributed by atoms with van der Waals surface area (Å²) in [5.74, 6) is 2.01. The second-order valence-corrected chi connectivity index (χ2v) is 7.33. The van der Waals surface area contributed by atoms with Gasteiger partial charge in [0.25, 0.3) is 0 Å². The lowest BCUT2D eigenvalue weighted by molar-refractivity contribution is 0.0347. The molecule has 0 amide bonds. The molecule has 88 valence electrons. The van der Waals surface area contributed by atoms with Crippen molar-refractivity contribution in [3.8, 4) is 0 Å². The van der Waals surface area contributed by atoms with Crippen molar-refractivity contribution in [1.82, 2.24) is 0 Å². The maximum absolute atomic E-state index is 2.52. The fourth-order valence-electron chi connectivity index (χ4n) is 4.37. The zero-order valence-electron chi connectivity index (χ0n) is 11.1. The monoisotopic (exact) mass is 208 g/mol. The average molecular weight is 208 g/mol. The number of rotatable bonds is 1. The number of hydrogen-bond donors (Lipinski definition) is 0. The molecule has 0 bridgehead atoms. The van der Waals surface area contributed by atoms with Gasteiger partial charge in [0, 0.05) is 0 Å². The summed E-state index contributed by atoms with van der Waals surface area (Å²) in [4.78, 5) is 0. The topological polar surface area (TPSA) is 0 Å². The number of hydrogen-bond acceptors (Lipinski definition) is 0. The summed E-state index contributed by atoms with van der Waals surface area (Å²) in [6.07, 6.45) is 10.4. The van der Waals surface area contributed by atoms with Gasteiger partial charge in [-0.1, -0.05) is 47.0 Å². The molecule has 2 fully saturated rings. The maximum atomic E-state index is 2.52. The van der Waals surface area contributed by atoms with Crippen LogP contribution in [0.2, 0.25) is 0 Å². The first-order valence-electron chi connectivity index (χ1n) is 6.93. The van der Waals surface area contributed by atoms with Gasteiger partial charge in [0.05, 0.1) is 0 Å². The molecule has 0 heterocycles. The van der Waals surface area contributed by atoms with E-state index in [-0.39, 0.29) is 0 Å². The summed E-state index contributed by atoms with van der Waals surface area (Å²) < 4.78 is 0. The highest BCUT2D eigenvalue weighted by molar-refractivity contribution is 4.95. The van der Waals surface area contributed by atoms with Crippen LogP contribution in [0.15, 0.2) is 0 Å². The second-order valence-electron chi connectivity index (χ2n) is 7.33. The molecule has 2 aliphatic carbocycles. The molecule has 2 atom stereocenters. The normalized spacial score (nSPS) is 39.2. The fourth-order valence-corrected chi connectivity index (χ4v) is 4.37. The molecule has 0 saturated heterocycles. The molecule has 0 aliphatic heterocycles. The van der Waals surface area contributed by atoms with Gasteiger partial charge in [0.15, 0.2) is 0 Å². The quantitative estimate of drug-likeness (QED) is 0.567. The van der Waals surface area contributed by atoms with Crippen LogP contribution in [0.1, 0.15) is 72.6 Å². The summed E-state index contributed by atoms with van der Waals surface area (Å²) in [7, 11) is 0. The Morgan fingerprint density at radius 3 is 1.53 bits per heavy atom. The summed E-state index contributed by atoms with van der Waals surface area (Å²) >= 11 is 0. The minimum Gasteiger partial charge on any atom is -0.0596 e. The molecule has 2 unspecified atom stereocenters. The third kappa shape index (κ3) is 2.10. The van der Waals surface area contributed by atoms with Gasteiger partial charge in [-0.15, -0.1) is 0 Å². The molecule has 0 aromatic rings. The minimum absolute atomic E-state index is 0.616. The Morgan fingerprint density at radius 1 is 0.667 bits per heavy atom. The zero-order valence-corrected chi connectivity index (χ0v) is 11.1. The Hall–Kier alpha value is 0. The van der Waals surface area contributed by atoms with Crippen molar-refractivity contribution >= 4 is 0 Å². The van der Waals surface area contributed by atoms with Gasteiger partial charge in [-0.25, -0.2) is 0 Å². The van der Waals surface area contributed by atoms with E-state index < -0.39 is 0 Å². The Bertz CT molecular complexity index is 224. The van der Waals surface area contributed by atoms with Gasteiger partial charge in [-0.05, 0) is 48.3 Å². The van der Waals surface area contributed by atoms with Crippen molar-refractivity contribution in [3.63, 3.8) is 0 Å². The van der Waals surface area contributed by atoms with Crippen molar-refractivity contribution in [2.45, 2.75) is 72.6 Å². The van der Waals surface area contributed by atoms with E-state index >= 15 is 0 Å². The highest BCUT2D eigenvalue weighted by atomic mass is 14.5. The molecule has 0 N–H and O–H groups in total. The predicted octanol–water partition coefficient (Wildman–Crippen LogP) is 5.03. The molecule has 0 aromatic heterocycles. The van der Waals surface area contributed by atoms with Gasteiger partial charge < -0.3 is 0 Å². The molecule has 0 spiro atoms. The molecule has 0 heteroatoms. The Balaban J connectivity index is 2.14. The first kappa shape index (κ1) is 11.5. The lowest BCUT2D eigenvalue weighted by atomic mass is 9.59. The highest BCUT2D eigenvalue weighted by Crippen LogP contribution is 2.55. The Morgan fingerprint density at radius 2 is 1.13 bits per heavy atom. The first-order valence-corrected chi connectivity index (χ1v) is 6.93. The van der Waals surface area contributed by atoms with Crippen LogP contribution < -0.4 is 0 Å². The van der Waals surface area contributed by atoms with E-state index in [9.17, 15) is 0 Å². The van der Waals surface area contributed by atoms with Crippen LogP contribution in [0.4, 0.5) is 0 Å². The highest BCUT2D eigenvalue weighted by Gasteiger charge is 2.45. The fraction of sp³-hybridized carbons (Fsp3) is 1.00. The first-order chi connectivity index (χ1) is 6.93. The molecular weight excluding hydrogens is 180 g/mol. The van der Waals surface area contributed by atoms with E-state index in [4.69, 9.17) is 0 Å². The van der Waals surface area contributed by atoms with Gasteiger partial charge in [0.1, 0.15) is 0 Å². The predicted molar refractivity (Wildman–Crippen MR) is 66.9 cm³/mol. The van der Waals surface area contributed by atoms with Crippen LogP contribution in [0.5, 0.6) is 0 Å². The lowest BCUT2D eigenvalue weighted by Gasteiger charge is -2.46. The minimum atomic E-state index is 0.616. The van der Waals surface area contributed by atoms with Crippen LogP contribution in [-0.2, 0) is 0 Å². The van der Waals surface area contributed by atoms with Crippen LogP contribution in [0.25, 0.3) is 0 Å². The van der Waals surface area contributed by atoms with Crippen LogP contribution in [0, 0.1) is 22.7 Å². The van der Waals surface area contributed by atoms with Crippen LogP contribution >= 0.6 is 0 Å². The summed E-state index contributed by atoms with van der Waals surface area (Å²) in [5, 5.41) is 0. The molecule has 15 heavy (non-hydrogen) atoms. The molecular formula is C15H28. The van der Waals surface area contributed by atoms with E-state index in [2.05, 4.69) is 27.7 Å². The smallest absolute Gasteiger partial charge is 0.0323 e. The SMILES string of the molecule is CC1(C)CCCCC1C1CCCC1(C)C. The van der Waals surface area contributed by atoms with Crippen LogP contribution in [0.3, 0.4) is 0 Å². The average Bonchev–Trinajstić information content (AvgIpc) is 2.45. The van der Waals surface area contributed by atoms with Gasteiger partial charge in [0.2, 0.25) is 0 Å². The van der Waals surface area contributed by atoms with E-state index in [1.165, 1.54) is 44.9 Å². The van der Waals surface area contributed by atoms with Gasteiger partial charge >= 0.3 is 0 Å². The molecule has 2 rings (SSSR count). The lowest BCUT2D eigenvalue weighted by Crippen LogP contribution is -2.37. The molecule has 2 saturated carbocycles. The third-order valence-corrected chi connectivity index (χ3v) is 5.42. The molecule has 0 nitrogen and oxygen atoms in total. The van der Waals surface area contributed by atoms with E-state index in [0.29, 0.717) is 10.8 Å². The maximum Gasteiger partial charge on any atom is -0.0323 e. The van der Waals surface area contributed by atoms with Gasteiger partial charge in [-0.3, -0.25) is 0 Å². The largest absolute Gasteiger partial charge is 0.0596 e. The Kier molecular flexibility index (Phi) is 2.90. The third-order valence-electron chi connectivity index (χ3n) is 5.42. The molecule has 2 aliphatic rings. The van der Waals surface area contributed by atoms with Crippen LogP contribution in [-0.4, -0.2) is 0 Å². The van der Waals surface area contributed by atoms with Crippen molar-refractivity contribution in [1.29, 1.82) is 0 Å². The van der Waals surface area contributed by atoms with E-state index in [1.54, 1.807) is 0 Å². The Labute approximate surface area is 95.8 Å². The van der Waals surface area contributed by atoms with Crippen molar-refractivity contribution < 1.29 is 0 Å². The summed E-state index contributed by atoms with van der Waals surface area (Å²) in [6.45, 7) is 10.1. The zero-order chi connectivity index (χ0) is 11.1. The second kappa shape index (κ2) is 3.79. The van der Waals surface area contributed by atoms with Gasteiger partial charge in [-0.2, -0.15) is 0 Å². The standard InChI is InChI=1S/C15H28/c1-14(2)10-6-5-8-12(14)13-9-7-11-15(13,3)4/h12-13H,5-11H2,1-4H3. The van der Waals surface area contributed by atoms with Crippen molar-refractivity contribution in [2.75, 3.05) is 0 Å². The molecule has 0 radical (unpaired) electrons. The van der Waals surface area contributed by atoms with E-state index in [1.807, 2.05) is 0 Å². The van der Waals surface area contributed by atoms with Crippen molar-refractivity contribution in [3.05, 3.63) is 0 Å². The van der Waals surface area contributed by atoms with E-state index in [0.717, 1.165) is 11.8 Å². The summed E-state index contributed by atoms with van der Waals surface area (Å²) in [6, 6.07) is 0. The van der Waals surface area contributed by atoms with Crippen molar-refractivity contribution in [2.24, 2.45) is 22.7 Å².